The van der Waals surface area contributed by atoms with Crippen LogP contribution < -0.4 is 39.1 Å². The lowest BCUT2D eigenvalue weighted by Gasteiger charge is -2.33. The molecule has 0 aliphatic rings. The quantitative estimate of drug-likeness (QED) is 0.0253. The third-order valence-electron chi connectivity index (χ3n) is 17.0. The van der Waals surface area contributed by atoms with E-state index in [0.29, 0.717) is 0 Å². The van der Waals surface area contributed by atoms with E-state index in [0.717, 1.165) is 50.1 Å². The van der Waals surface area contributed by atoms with Gasteiger partial charge in [-0.2, -0.15) is 28.1 Å². The summed E-state index contributed by atoms with van der Waals surface area (Å²) in [6.07, 6.45) is 7.21. The Hall–Kier alpha value is -12.7. The van der Waals surface area contributed by atoms with Crippen molar-refractivity contribution in [3.63, 3.8) is 0 Å². The third kappa shape index (κ3) is 20.2. The summed E-state index contributed by atoms with van der Waals surface area (Å²) in [6.45, 7) is 1.12. The van der Waals surface area contributed by atoms with Crippen LogP contribution in [-0.4, -0.2) is 308 Å². The van der Waals surface area contributed by atoms with Gasteiger partial charge in [0.05, 0.1) is 138 Å². The Balaban J connectivity index is 0.000000317. The molecule has 1 N–H and O–H groups in total. The zero-order valence-electron chi connectivity index (χ0n) is 62.8. The van der Waals surface area contributed by atoms with Crippen LogP contribution in [0.15, 0.2) is 66.7 Å². The summed E-state index contributed by atoms with van der Waals surface area (Å²) in [6, 6.07) is 0. The Kier molecular flexibility index (Phi) is 28.4. The van der Waals surface area contributed by atoms with Crippen LogP contribution in [0.1, 0.15) is 101 Å². The lowest BCUT2D eigenvalue weighted by molar-refractivity contribution is -0.379. The molecule has 52 nitrogen and oxygen atoms in total. The van der Waals surface area contributed by atoms with Gasteiger partial charge in [-0.15, -0.1) is 29.9 Å². The fourth-order valence-corrected chi connectivity index (χ4v) is 10.8. The number of aryl methyl sites for hydroxylation is 6. The van der Waals surface area contributed by atoms with Gasteiger partial charge in [-0.05, 0) is 0 Å². The molecule has 12 heterocycles. The molecule has 0 radical (unpaired) electrons. The van der Waals surface area contributed by atoms with Crippen molar-refractivity contribution in [2.24, 2.45) is 47.7 Å². The maximum atomic E-state index is 13.0. The average molecular weight is 1610 g/mol. The Labute approximate surface area is 642 Å². The number of ether oxygens (including phenoxy) is 10. The zero-order chi connectivity index (χ0) is 81.7. The molecule has 0 bridgehead atoms. The van der Waals surface area contributed by atoms with Crippen LogP contribution in [0.2, 0.25) is 0 Å². The highest BCUT2D eigenvalue weighted by Crippen LogP contribution is 2.22. The van der Waals surface area contributed by atoms with E-state index in [1.165, 1.54) is 84.7 Å². The number of nitrogens with zero attached hydrogens (tertiary/aromatic N) is 29. The van der Waals surface area contributed by atoms with E-state index in [1.54, 1.807) is 0 Å². The van der Waals surface area contributed by atoms with Gasteiger partial charge in [-0.25, -0.2) is 80.7 Å². The van der Waals surface area contributed by atoms with Crippen molar-refractivity contribution in [1.82, 2.24) is 141 Å². The molecule has 610 valence electrons. The molecule has 12 rings (SSSR count). The van der Waals surface area contributed by atoms with E-state index in [1.807, 2.05) is 0 Å². The number of ketones is 6. The molecule has 0 spiro atoms. The number of hydrogen-bond donors (Lipinski definition) is 0. The number of nitrogens with one attached hydrogen (secondary N) is 1. The standard InChI is InChI=1S/C45H56N20O16.C18H20N10O6/c1-58-41(70)62-25-46-33(37(62)50-54-58)29(66)5-9-74-13-17-78-21-45(22-79-18-14-75-10-6-30(67)34-38-51-55-59(2)42(71)63(38)26-47-34,23-80-19-15-76-11-7-31(68)35-39-52-56-60(3)43(72)64(39)27-48-35)24-81-20-16-77-12-8-32(69)36-40-53-57-61(4)44(73)65(40)28-49-36;1-25-17(31)27-9-19-13(15(27)21-23-25)11(29)3-5-33-7-8-34-6-4-12(30)14-16-22-24-26(2)18(32)28(16)10-20-14/h25-28H,5-24H2,1-4H3;9-10H,3-8H2,1-2H3/p+1. The molecule has 12 aromatic rings. The summed E-state index contributed by atoms with van der Waals surface area (Å²) >= 11 is 0. The summed E-state index contributed by atoms with van der Waals surface area (Å²) in [5.74, 6) is -2.24. The minimum absolute atomic E-state index is 0.00470. The van der Waals surface area contributed by atoms with Gasteiger partial charge in [0.2, 0.25) is 11.5 Å². The minimum atomic E-state index is -1.01. The molecule has 0 amide bonds. The van der Waals surface area contributed by atoms with Crippen molar-refractivity contribution in [2.75, 3.05) is 132 Å². The first-order chi connectivity index (χ1) is 55.6. The molecule has 0 unspecified atom stereocenters. The van der Waals surface area contributed by atoms with Crippen LogP contribution >= 0.6 is 0 Å². The molecule has 0 aliphatic heterocycles. The minimum Gasteiger partial charge on any atom is -0.379 e. The van der Waals surface area contributed by atoms with E-state index in [2.05, 4.69) is 91.8 Å². The van der Waals surface area contributed by atoms with Crippen molar-refractivity contribution in [2.45, 2.75) is 38.5 Å². The second kappa shape index (κ2) is 39.2. The highest BCUT2D eigenvalue weighted by Gasteiger charge is 2.34. The number of carbonyl (C=O) groups excluding carboxylic acids is 6. The van der Waals surface area contributed by atoms with Gasteiger partial charge < -0.3 is 47.4 Å². The van der Waals surface area contributed by atoms with Crippen molar-refractivity contribution >= 4 is 68.6 Å². The van der Waals surface area contributed by atoms with Crippen LogP contribution in [0.3, 0.4) is 0 Å². The lowest BCUT2D eigenvalue weighted by atomic mass is 9.92. The Morgan fingerprint density at radius 2 is 0.478 bits per heavy atom. The highest BCUT2D eigenvalue weighted by molar-refractivity contribution is 6.02. The molecule has 0 saturated carbocycles. The summed E-state index contributed by atoms with van der Waals surface area (Å²) < 4.78 is 71.1. The topological polar surface area (TPSA) is 586 Å². The number of imidazole rings is 6. The van der Waals surface area contributed by atoms with Crippen molar-refractivity contribution in [1.29, 1.82) is 0 Å². The second-order valence-corrected chi connectivity index (χ2v) is 25.2. The van der Waals surface area contributed by atoms with Crippen LogP contribution in [-0.2, 0) is 89.7 Å². The molecule has 0 saturated heterocycles. The van der Waals surface area contributed by atoms with Crippen molar-refractivity contribution < 1.29 is 81.1 Å². The van der Waals surface area contributed by atoms with Gasteiger partial charge in [0, 0.05) is 80.8 Å². The van der Waals surface area contributed by atoms with Crippen LogP contribution in [0.4, 0.5) is 0 Å². The molecule has 115 heavy (non-hydrogen) atoms. The number of fused-ring (bicyclic) bond motifs is 6. The smallest absolute Gasteiger partial charge is 0.379 e. The van der Waals surface area contributed by atoms with Gasteiger partial charge in [-0.1, -0.05) is 36.4 Å². The van der Waals surface area contributed by atoms with Crippen molar-refractivity contribution in [3.05, 3.63) is 135 Å². The van der Waals surface area contributed by atoms with E-state index in [4.69, 9.17) is 47.4 Å². The third-order valence-corrected chi connectivity index (χ3v) is 17.0. The van der Waals surface area contributed by atoms with Gasteiger partial charge in [0.15, 0.2) is 85.6 Å². The molecule has 0 fully saturated rings. The van der Waals surface area contributed by atoms with E-state index in [-0.39, 0.29) is 250 Å². The van der Waals surface area contributed by atoms with Crippen LogP contribution in [0.25, 0.3) is 33.9 Å². The highest BCUT2D eigenvalue weighted by atomic mass is 16.6. The number of Topliss-reactive ketones (excluding diaryl/α,β-unsaturated/α-hetero) is 6. The summed E-state index contributed by atoms with van der Waals surface area (Å²) in [7, 11) is 8.59. The monoisotopic (exact) mass is 1610 g/mol. The number of rotatable bonds is 47. The van der Waals surface area contributed by atoms with Crippen LogP contribution in [0, 0.1) is 5.41 Å². The Morgan fingerprint density at radius 3 is 0.713 bits per heavy atom. The maximum absolute atomic E-state index is 13.0. The zero-order valence-corrected chi connectivity index (χ0v) is 62.8. The number of H-pyrrole nitrogens is 1. The SMILES string of the molecule is Cn1nnc2c(C(=O)CCOCCOCC(COCCOCCC(=O)c3ncn4c(=O)n(C)nnc34)(COCCOCCC(=O)c3ncn4c(=O)n(C)nnc34)COCCOCCC(=O)c3ncn4c(=O)n(C)nnc34)ncn2c1=O.Cn1nnc2c(C(=O)CCOCCOCCC(=O)c3[nH+]cn4c(=O)n(C)nnc34)ncn2c1=O. The Morgan fingerprint density at radius 1 is 0.278 bits per heavy atom. The molecule has 52 heteroatoms. The fourth-order valence-electron chi connectivity index (χ4n) is 10.8. The van der Waals surface area contributed by atoms with E-state index in [9.17, 15) is 57.5 Å². The molecule has 12 aromatic heterocycles. The maximum Gasteiger partial charge on any atom is 0.439 e. The van der Waals surface area contributed by atoms with Gasteiger partial charge >= 0.3 is 39.8 Å². The summed E-state index contributed by atoms with van der Waals surface area (Å²) in [5, 5.41) is 45.6. The molecular formula is C63H77N30O22+. The predicted octanol–water partition coefficient (Wildman–Crippen LogP) is -7.00. The predicted molar refractivity (Wildman–Crippen MR) is 379 cm³/mol. The van der Waals surface area contributed by atoms with Gasteiger partial charge in [0.25, 0.3) is 6.33 Å². The van der Waals surface area contributed by atoms with E-state index >= 15 is 0 Å². The second-order valence-electron chi connectivity index (χ2n) is 25.2. The molecule has 0 atom stereocenters. The largest absolute Gasteiger partial charge is 0.439 e. The lowest BCUT2D eigenvalue weighted by Crippen LogP contribution is -2.43. The first kappa shape index (κ1) is 83.2. The average Bonchev–Trinajstić information content (AvgIpc) is 1.69. The van der Waals surface area contributed by atoms with Crippen molar-refractivity contribution in [3.8, 4) is 0 Å². The first-order valence-corrected chi connectivity index (χ1v) is 35.2. The molecule has 0 aliphatic carbocycles. The first-order valence-electron chi connectivity index (χ1n) is 35.2. The van der Waals surface area contributed by atoms with Crippen LogP contribution in [0.5, 0.6) is 0 Å². The number of carbonyl (C=O) groups is 6. The summed E-state index contributed by atoms with van der Waals surface area (Å²) in [4.78, 5) is 173. The van der Waals surface area contributed by atoms with Gasteiger partial charge in [0.1, 0.15) is 31.6 Å². The van der Waals surface area contributed by atoms with E-state index < -0.39 is 62.7 Å². The Bertz CT molecular complexity index is 5290. The number of aromatic amines is 1. The van der Waals surface area contributed by atoms with Gasteiger partial charge in [-0.3, -0.25) is 28.8 Å². The molecule has 0 aromatic carbocycles. The number of aromatic nitrogens is 30. The normalized spacial score (nSPS) is 11.8. The molecular weight excluding hydrogens is 1530 g/mol. The summed E-state index contributed by atoms with van der Waals surface area (Å²) in [5.41, 5.74) is -3.44. The number of hydrogen-bond acceptors (Lipinski definition) is 39. The fraction of sp³-hybridized carbons (Fsp3) is 0.524.